The van der Waals surface area contributed by atoms with Gasteiger partial charge in [-0.2, -0.15) is 9.29 Å². The van der Waals surface area contributed by atoms with E-state index in [0.29, 0.717) is 36.2 Å². The molecule has 140 valence electrons. The van der Waals surface area contributed by atoms with Crippen molar-refractivity contribution in [1.29, 1.82) is 0 Å². The van der Waals surface area contributed by atoms with E-state index in [2.05, 4.69) is 11.9 Å². The fraction of sp³-hybridized carbons (Fsp3) is 0.286. The lowest BCUT2D eigenvalue weighted by molar-refractivity contribution is 0.280. The number of benzene rings is 2. The third kappa shape index (κ3) is 3.55. The second kappa shape index (κ2) is 7.29. The number of nitrogens with zero attached hydrogens (tertiary/aromatic N) is 2. The minimum Gasteiger partial charge on any atom is -0.435 e. The average molecular weight is 382 g/mol. The zero-order valence-corrected chi connectivity index (χ0v) is 16.0. The van der Waals surface area contributed by atoms with E-state index in [1.807, 2.05) is 60.7 Å². The Morgan fingerprint density at radius 3 is 2.26 bits per heavy atom. The summed E-state index contributed by atoms with van der Waals surface area (Å²) in [6.45, 7) is 3.12. The molecule has 1 aliphatic heterocycles. The second-order valence-electron chi connectivity index (χ2n) is 7.00. The molecule has 0 radical (unpaired) electrons. The molecule has 2 heterocycles. The van der Waals surface area contributed by atoms with Gasteiger partial charge in [0.15, 0.2) is 5.76 Å². The molecule has 1 atom stereocenters. The molecule has 1 aliphatic rings. The van der Waals surface area contributed by atoms with Gasteiger partial charge in [-0.1, -0.05) is 55.5 Å². The third-order valence-electron chi connectivity index (χ3n) is 4.86. The number of rotatable bonds is 4. The van der Waals surface area contributed by atoms with E-state index in [0.717, 1.165) is 18.4 Å². The molecule has 5 nitrogen and oxygen atoms in total. The quantitative estimate of drug-likeness (QED) is 0.670. The van der Waals surface area contributed by atoms with Crippen molar-refractivity contribution < 1.29 is 12.8 Å². The van der Waals surface area contributed by atoms with Crippen LogP contribution in [-0.2, 0) is 10.0 Å². The molecule has 3 aromatic rings. The molecule has 0 spiro atoms. The Morgan fingerprint density at radius 1 is 1.00 bits per heavy atom. The molecule has 1 aromatic heterocycles. The zero-order chi connectivity index (χ0) is 18.9. The highest BCUT2D eigenvalue weighted by Gasteiger charge is 2.35. The molecule has 27 heavy (non-hydrogen) atoms. The highest BCUT2D eigenvalue weighted by molar-refractivity contribution is 7.89. The van der Waals surface area contributed by atoms with Crippen molar-refractivity contribution in [3.63, 3.8) is 0 Å². The van der Waals surface area contributed by atoms with Crippen LogP contribution < -0.4 is 0 Å². The molecule has 0 N–H and O–H groups in total. The maximum atomic E-state index is 13.4. The Morgan fingerprint density at radius 2 is 1.63 bits per heavy atom. The zero-order valence-electron chi connectivity index (χ0n) is 15.2. The van der Waals surface area contributed by atoms with Crippen LogP contribution in [0.1, 0.15) is 19.8 Å². The van der Waals surface area contributed by atoms with Gasteiger partial charge in [0.1, 0.15) is 0 Å². The third-order valence-corrected chi connectivity index (χ3v) is 6.63. The molecule has 1 fully saturated rings. The fourth-order valence-electron chi connectivity index (χ4n) is 3.44. The topological polar surface area (TPSA) is 63.4 Å². The fourth-order valence-corrected chi connectivity index (χ4v) is 5.10. The van der Waals surface area contributed by atoms with Gasteiger partial charge in [-0.3, -0.25) is 0 Å². The van der Waals surface area contributed by atoms with Gasteiger partial charge >= 0.3 is 0 Å². The summed E-state index contributed by atoms with van der Waals surface area (Å²) in [6.07, 6.45) is 1.91. The van der Waals surface area contributed by atoms with Crippen molar-refractivity contribution in [2.45, 2.75) is 24.8 Å². The SMILES string of the molecule is C[C@H]1CCCN(S(=O)(=O)c2nc(-c3ccccc3)oc2-c2ccccc2)C1. The molecule has 4 rings (SSSR count). The molecule has 6 heteroatoms. The van der Waals surface area contributed by atoms with Gasteiger partial charge in [-0.15, -0.1) is 0 Å². The second-order valence-corrected chi connectivity index (χ2v) is 8.85. The van der Waals surface area contributed by atoms with Crippen LogP contribution in [0, 0.1) is 5.92 Å². The molecule has 0 unspecified atom stereocenters. The van der Waals surface area contributed by atoms with E-state index in [-0.39, 0.29) is 5.03 Å². The molecular formula is C21H22N2O3S. The van der Waals surface area contributed by atoms with E-state index >= 15 is 0 Å². The number of hydrogen-bond donors (Lipinski definition) is 0. The molecule has 0 bridgehead atoms. The Hall–Kier alpha value is -2.44. The Balaban J connectivity index is 1.84. The molecular weight excluding hydrogens is 360 g/mol. The van der Waals surface area contributed by atoms with Crippen molar-refractivity contribution in [1.82, 2.24) is 9.29 Å². The van der Waals surface area contributed by atoms with Crippen LogP contribution in [0.3, 0.4) is 0 Å². The predicted octanol–water partition coefficient (Wildman–Crippen LogP) is 4.43. The Bertz CT molecular complexity index is 1010. The van der Waals surface area contributed by atoms with Crippen LogP contribution in [0.15, 0.2) is 70.1 Å². The highest BCUT2D eigenvalue weighted by Crippen LogP contribution is 2.35. The van der Waals surface area contributed by atoms with E-state index < -0.39 is 10.0 Å². The lowest BCUT2D eigenvalue weighted by Gasteiger charge is -2.29. The minimum atomic E-state index is -3.73. The van der Waals surface area contributed by atoms with E-state index in [4.69, 9.17) is 4.42 Å². The first-order valence-electron chi connectivity index (χ1n) is 9.17. The summed E-state index contributed by atoms with van der Waals surface area (Å²) in [5.74, 6) is 0.958. The summed E-state index contributed by atoms with van der Waals surface area (Å²) in [5.41, 5.74) is 1.46. The molecule has 0 aliphatic carbocycles. The molecule has 0 amide bonds. The van der Waals surface area contributed by atoms with Gasteiger partial charge in [0.25, 0.3) is 10.0 Å². The van der Waals surface area contributed by atoms with E-state index in [1.54, 1.807) is 4.31 Å². The minimum absolute atomic E-state index is 0.00153. The smallest absolute Gasteiger partial charge is 0.264 e. The van der Waals surface area contributed by atoms with Gasteiger partial charge < -0.3 is 4.42 Å². The first kappa shape index (κ1) is 17.9. The number of oxazole rings is 1. The standard InChI is InChI=1S/C21H22N2O3S/c1-16-9-8-14-23(15-16)27(24,25)21-19(17-10-4-2-5-11-17)26-20(22-21)18-12-6-3-7-13-18/h2-7,10-13,16H,8-9,14-15H2,1H3/t16-/m0/s1. The first-order valence-corrected chi connectivity index (χ1v) is 10.6. The Kier molecular flexibility index (Phi) is 4.85. The monoisotopic (exact) mass is 382 g/mol. The van der Waals surface area contributed by atoms with Crippen molar-refractivity contribution in [2.24, 2.45) is 5.92 Å². The Labute approximate surface area is 159 Å². The van der Waals surface area contributed by atoms with Crippen molar-refractivity contribution in [3.05, 3.63) is 60.7 Å². The van der Waals surface area contributed by atoms with Crippen LogP contribution in [0.4, 0.5) is 0 Å². The maximum absolute atomic E-state index is 13.4. The summed E-state index contributed by atoms with van der Waals surface area (Å²) < 4.78 is 34.3. The summed E-state index contributed by atoms with van der Waals surface area (Å²) >= 11 is 0. The summed E-state index contributed by atoms with van der Waals surface area (Å²) in [4.78, 5) is 4.43. The predicted molar refractivity (Wildman–Crippen MR) is 105 cm³/mol. The van der Waals surface area contributed by atoms with E-state index in [1.165, 1.54) is 0 Å². The van der Waals surface area contributed by atoms with Crippen LogP contribution in [0.5, 0.6) is 0 Å². The van der Waals surface area contributed by atoms with Gasteiger partial charge in [-0.25, -0.2) is 8.42 Å². The van der Waals surface area contributed by atoms with Crippen LogP contribution >= 0.6 is 0 Å². The lowest BCUT2D eigenvalue weighted by Crippen LogP contribution is -2.39. The average Bonchev–Trinajstić information content (AvgIpc) is 3.16. The van der Waals surface area contributed by atoms with Gasteiger partial charge in [0, 0.05) is 24.2 Å². The molecule has 2 aromatic carbocycles. The van der Waals surface area contributed by atoms with Crippen LogP contribution in [0.25, 0.3) is 22.8 Å². The molecule has 0 saturated carbocycles. The van der Waals surface area contributed by atoms with Crippen LogP contribution in [-0.4, -0.2) is 30.8 Å². The largest absolute Gasteiger partial charge is 0.435 e. The van der Waals surface area contributed by atoms with Crippen molar-refractivity contribution >= 4 is 10.0 Å². The number of sulfonamides is 1. The lowest BCUT2D eigenvalue weighted by atomic mass is 10.0. The summed E-state index contributed by atoms with van der Waals surface area (Å²) in [6, 6.07) is 18.7. The molecule has 1 saturated heterocycles. The van der Waals surface area contributed by atoms with Crippen LogP contribution in [0.2, 0.25) is 0 Å². The van der Waals surface area contributed by atoms with Crippen molar-refractivity contribution in [2.75, 3.05) is 13.1 Å². The van der Waals surface area contributed by atoms with Crippen molar-refractivity contribution in [3.8, 4) is 22.8 Å². The van der Waals surface area contributed by atoms with Gasteiger partial charge in [0.2, 0.25) is 10.9 Å². The summed E-state index contributed by atoms with van der Waals surface area (Å²) in [7, 11) is -3.73. The maximum Gasteiger partial charge on any atom is 0.264 e. The van der Waals surface area contributed by atoms with E-state index in [9.17, 15) is 8.42 Å². The normalized spacial score (nSPS) is 18.5. The number of hydrogen-bond acceptors (Lipinski definition) is 4. The van der Waals surface area contributed by atoms with Gasteiger partial charge in [-0.05, 0) is 30.9 Å². The van der Waals surface area contributed by atoms with Gasteiger partial charge in [0.05, 0.1) is 0 Å². The number of aromatic nitrogens is 1. The highest BCUT2D eigenvalue weighted by atomic mass is 32.2. The number of piperidine rings is 1. The first-order chi connectivity index (χ1) is 13.1. The summed E-state index contributed by atoms with van der Waals surface area (Å²) in [5, 5.41) is 0.00153.